The van der Waals surface area contributed by atoms with Crippen molar-refractivity contribution in [3.8, 4) is 10.6 Å². The fourth-order valence-electron chi connectivity index (χ4n) is 1.87. The van der Waals surface area contributed by atoms with Crippen LogP contribution in [0.5, 0.6) is 0 Å². The maximum atomic E-state index is 12.2. The SMILES string of the molecule is COCCC(NC(=O)c1csc(-c2ccc(Cl)c(Cl)c2)n1)C(=O)O. The molecule has 24 heavy (non-hydrogen) atoms. The number of carbonyl (C=O) groups is 2. The van der Waals surface area contributed by atoms with Crippen molar-refractivity contribution in [2.45, 2.75) is 12.5 Å². The van der Waals surface area contributed by atoms with E-state index in [0.717, 1.165) is 5.56 Å². The van der Waals surface area contributed by atoms with Crippen molar-refractivity contribution in [2.75, 3.05) is 13.7 Å². The van der Waals surface area contributed by atoms with Crippen LogP contribution in [0, 0.1) is 0 Å². The molecular formula is C15H14Cl2N2O4S. The second kappa shape index (κ2) is 8.43. The Morgan fingerprint density at radius 1 is 1.38 bits per heavy atom. The van der Waals surface area contributed by atoms with Gasteiger partial charge in [-0.05, 0) is 12.1 Å². The van der Waals surface area contributed by atoms with E-state index in [4.69, 9.17) is 33.0 Å². The second-order valence-electron chi connectivity index (χ2n) is 4.81. The van der Waals surface area contributed by atoms with E-state index < -0.39 is 17.9 Å². The summed E-state index contributed by atoms with van der Waals surface area (Å²) in [5, 5.41) is 14.5. The molecule has 1 heterocycles. The number of carbonyl (C=O) groups excluding carboxylic acids is 1. The standard InChI is InChI=1S/C15H14Cl2N2O4S/c1-23-5-4-11(15(21)22)18-13(20)12-7-24-14(19-12)8-2-3-9(16)10(17)6-8/h2-3,6-7,11H,4-5H2,1H3,(H,18,20)(H,21,22). The van der Waals surface area contributed by atoms with Gasteiger partial charge in [0.05, 0.1) is 10.0 Å². The highest BCUT2D eigenvalue weighted by molar-refractivity contribution is 7.13. The van der Waals surface area contributed by atoms with Gasteiger partial charge in [-0.15, -0.1) is 11.3 Å². The van der Waals surface area contributed by atoms with Crippen LogP contribution in [-0.4, -0.2) is 41.7 Å². The Balaban J connectivity index is 2.12. The van der Waals surface area contributed by atoms with Crippen LogP contribution in [0.25, 0.3) is 10.6 Å². The molecule has 0 spiro atoms. The first-order valence-corrected chi connectivity index (χ1v) is 8.49. The molecule has 9 heteroatoms. The summed E-state index contributed by atoms with van der Waals surface area (Å²) in [6.45, 7) is 0.225. The summed E-state index contributed by atoms with van der Waals surface area (Å²) < 4.78 is 4.84. The quantitative estimate of drug-likeness (QED) is 0.758. The van der Waals surface area contributed by atoms with E-state index in [9.17, 15) is 9.59 Å². The first-order valence-electron chi connectivity index (χ1n) is 6.86. The second-order valence-corrected chi connectivity index (χ2v) is 6.49. The number of carboxylic acids is 1. The molecule has 1 amide bonds. The fourth-order valence-corrected chi connectivity index (χ4v) is 2.96. The van der Waals surface area contributed by atoms with E-state index in [1.807, 2.05) is 0 Å². The zero-order valence-corrected chi connectivity index (χ0v) is 14.9. The van der Waals surface area contributed by atoms with Gasteiger partial charge in [-0.3, -0.25) is 4.79 Å². The summed E-state index contributed by atoms with van der Waals surface area (Å²) in [7, 11) is 1.46. The molecule has 0 radical (unpaired) electrons. The molecule has 128 valence electrons. The maximum Gasteiger partial charge on any atom is 0.326 e. The minimum Gasteiger partial charge on any atom is -0.480 e. The van der Waals surface area contributed by atoms with Gasteiger partial charge in [0.25, 0.3) is 5.91 Å². The average molecular weight is 389 g/mol. The van der Waals surface area contributed by atoms with Crippen molar-refractivity contribution >= 4 is 46.4 Å². The van der Waals surface area contributed by atoms with Crippen LogP contribution in [0.2, 0.25) is 10.0 Å². The van der Waals surface area contributed by atoms with Gasteiger partial charge in [0.15, 0.2) is 0 Å². The van der Waals surface area contributed by atoms with Gasteiger partial charge >= 0.3 is 5.97 Å². The van der Waals surface area contributed by atoms with E-state index >= 15 is 0 Å². The molecule has 2 rings (SSSR count). The summed E-state index contributed by atoms with van der Waals surface area (Å²) >= 11 is 13.1. The summed E-state index contributed by atoms with van der Waals surface area (Å²) in [5.74, 6) is -1.68. The van der Waals surface area contributed by atoms with Crippen LogP contribution in [0.15, 0.2) is 23.6 Å². The van der Waals surface area contributed by atoms with Crippen molar-refractivity contribution < 1.29 is 19.4 Å². The molecule has 1 aromatic heterocycles. The number of aromatic nitrogens is 1. The first-order chi connectivity index (χ1) is 11.4. The van der Waals surface area contributed by atoms with Crippen molar-refractivity contribution in [1.82, 2.24) is 10.3 Å². The number of rotatable bonds is 7. The smallest absolute Gasteiger partial charge is 0.326 e. The number of hydrogen-bond acceptors (Lipinski definition) is 5. The Morgan fingerprint density at radius 2 is 2.12 bits per heavy atom. The number of amides is 1. The third-order valence-corrected chi connectivity index (χ3v) is 4.75. The number of benzene rings is 1. The van der Waals surface area contributed by atoms with E-state index in [2.05, 4.69) is 10.3 Å². The summed E-state index contributed by atoms with van der Waals surface area (Å²) in [5.41, 5.74) is 0.868. The molecule has 0 fully saturated rings. The third kappa shape index (κ3) is 4.67. The number of methoxy groups -OCH3 is 1. The number of halogens is 2. The average Bonchev–Trinajstić information content (AvgIpc) is 3.03. The highest BCUT2D eigenvalue weighted by Crippen LogP contribution is 2.30. The Kier molecular flexibility index (Phi) is 6.56. The van der Waals surface area contributed by atoms with E-state index in [0.29, 0.717) is 15.1 Å². The predicted octanol–water partition coefficient (Wildman–Crippen LogP) is 3.34. The lowest BCUT2D eigenvalue weighted by Crippen LogP contribution is -2.41. The first kappa shape index (κ1) is 18.7. The van der Waals surface area contributed by atoms with Gasteiger partial charge in [-0.2, -0.15) is 0 Å². The maximum absolute atomic E-state index is 12.2. The lowest BCUT2D eigenvalue weighted by Gasteiger charge is -2.12. The van der Waals surface area contributed by atoms with Gasteiger partial charge in [-0.25, -0.2) is 9.78 Å². The normalized spacial score (nSPS) is 12.0. The lowest BCUT2D eigenvalue weighted by atomic mass is 10.2. The molecule has 2 N–H and O–H groups in total. The van der Waals surface area contributed by atoms with Crippen molar-refractivity contribution in [3.63, 3.8) is 0 Å². The van der Waals surface area contributed by atoms with Crippen molar-refractivity contribution in [3.05, 3.63) is 39.3 Å². The highest BCUT2D eigenvalue weighted by atomic mass is 35.5. The Labute approximate surface area is 152 Å². The topological polar surface area (TPSA) is 88.5 Å². The van der Waals surface area contributed by atoms with E-state index in [1.54, 1.807) is 23.6 Å². The van der Waals surface area contributed by atoms with Gasteiger partial charge in [-0.1, -0.05) is 29.3 Å². The molecule has 2 aromatic rings. The van der Waals surface area contributed by atoms with Gasteiger partial charge in [0.1, 0.15) is 16.7 Å². The molecule has 1 aromatic carbocycles. The van der Waals surface area contributed by atoms with Crippen LogP contribution in [0.4, 0.5) is 0 Å². The minimum absolute atomic E-state index is 0.143. The van der Waals surface area contributed by atoms with Gasteiger partial charge in [0.2, 0.25) is 0 Å². The Bertz CT molecular complexity index is 751. The number of thiazole rings is 1. The van der Waals surface area contributed by atoms with Gasteiger partial charge < -0.3 is 15.2 Å². The molecule has 1 unspecified atom stereocenters. The highest BCUT2D eigenvalue weighted by Gasteiger charge is 2.22. The molecule has 0 saturated heterocycles. The molecular weight excluding hydrogens is 375 g/mol. The number of carboxylic acid groups (broad SMARTS) is 1. The Morgan fingerprint density at radius 3 is 2.75 bits per heavy atom. The fraction of sp³-hybridized carbons (Fsp3) is 0.267. The molecule has 0 aliphatic heterocycles. The molecule has 0 aliphatic carbocycles. The molecule has 0 saturated carbocycles. The van der Waals surface area contributed by atoms with E-state index in [-0.39, 0.29) is 18.7 Å². The largest absolute Gasteiger partial charge is 0.480 e. The van der Waals surface area contributed by atoms with Crippen LogP contribution in [0.3, 0.4) is 0 Å². The summed E-state index contributed by atoms with van der Waals surface area (Å²) in [6, 6.07) is 4.01. The molecule has 0 aliphatic rings. The number of nitrogens with one attached hydrogen (secondary N) is 1. The van der Waals surface area contributed by atoms with Crippen LogP contribution < -0.4 is 5.32 Å². The van der Waals surface area contributed by atoms with Crippen molar-refractivity contribution in [1.29, 1.82) is 0 Å². The molecule has 6 nitrogen and oxygen atoms in total. The van der Waals surface area contributed by atoms with Crippen LogP contribution in [-0.2, 0) is 9.53 Å². The predicted molar refractivity (Wildman–Crippen MR) is 93.0 cm³/mol. The summed E-state index contributed by atoms with van der Waals surface area (Å²) in [4.78, 5) is 27.5. The minimum atomic E-state index is -1.12. The lowest BCUT2D eigenvalue weighted by molar-refractivity contribution is -0.139. The number of hydrogen-bond donors (Lipinski definition) is 2. The van der Waals surface area contributed by atoms with Crippen LogP contribution >= 0.6 is 34.5 Å². The number of ether oxygens (including phenoxy) is 1. The van der Waals surface area contributed by atoms with E-state index in [1.165, 1.54) is 18.4 Å². The number of nitrogens with zero attached hydrogens (tertiary/aromatic N) is 1. The zero-order valence-electron chi connectivity index (χ0n) is 12.6. The summed E-state index contributed by atoms with van der Waals surface area (Å²) in [6.07, 6.45) is 0.168. The molecule has 1 atom stereocenters. The van der Waals surface area contributed by atoms with Crippen LogP contribution in [0.1, 0.15) is 16.9 Å². The van der Waals surface area contributed by atoms with Crippen molar-refractivity contribution in [2.24, 2.45) is 0 Å². The third-order valence-electron chi connectivity index (χ3n) is 3.12. The number of aliphatic carboxylic acids is 1. The zero-order chi connectivity index (χ0) is 17.7. The van der Waals surface area contributed by atoms with Gasteiger partial charge in [0, 0.05) is 31.1 Å². The monoisotopic (exact) mass is 388 g/mol. The molecule has 0 bridgehead atoms. The Hall–Kier alpha value is -1.67.